The molecule has 1 saturated heterocycles. The van der Waals surface area contributed by atoms with Gasteiger partial charge in [0, 0.05) is 43.8 Å². The second-order valence-corrected chi connectivity index (χ2v) is 7.41. The van der Waals surface area contributed by atoms with Crippen molar-refractivity contribution in [2.45, 2.75) is 13.0 Å². The molecule has 1 aliphatic rings. The van der Waals surface area contributed by atoms with Gasteiger partial charge in [0.2, 0.25) is 0 Å². The highest BCUT2D eigenvalue weighted by atomic mass is 35.5. The summed E-state index contributed by atoms with van der Waals surface area (Å²) in [5.74, 6) is -0.498. The van der Waals surface area contributed by atoms with Crippen molar-refractivity contribution in [3.63, 3.8) is 0 Å². The van der Waals surface area contributed by atoms with E-state index < -0.39 is 16.0 Å². The molecule has 0 aromatic heterocycles. The van der Waals surface area contributed by atoms with Crippen LogP contribution in [0, 0.1) is 5.82 Å². The Hall–Kier alpha value is -0.730. The maximum Gasteiger partial charge on any atom is 0.282 e. The lowest BCUT2D eigenvalue weighted by Crippen LogP contribution is -2.43. The summed E-state index contributed by atoms with van der Waals surface area (Å²) in [5, 5.41) is 3.38. The van der Waals surface area contributed by atoms with E-state index in [4.69, 9.17) is 11.6 Å². The number of benzene rings is 1. The number of rotatable bonds is 4. The van der Waals surface area contributed by atoms with Crippen LogP contribution in [0.25, 0.3) is 0 Å². The van der Waals surface area contributed by atoms with Gasteiger partial charge in [0.25, 0.3) is 10.2 Å². The van der Waals surface area contributed by atoms with Crippen LogP contribution in [-0.2, 0) is 16.8 Å². The van der Waals surface area contributed by atoms with Crippen LogP contribution in [0.15, 0.2) is 18.2 Å². The van der Waals surface area contributed by atoms with Crippen LogP contribution in [0.2, 0.25) is 5.02 Å². The van der Waals surface area contributed by atoms with E-state index in [1.165, 1.54) is 23.5 Å². The predicted molar refractivity (Wildman–Crippen MR) is 80.9 cm³/mol. The first-order chi connectivity index (χ1) is 9.93. The fourth-order valence-electron chi connectivity index (χ4n) is 2.24. The monoisotopic (exact) mass is 335 g/mol. The second-order valence-electron chi connectivity index (χ2n) is 4.97. The van der Waals surface area contributed by atoms with Gasteiger partial charge in [0.05, 0.1) is 0 Å². The van der Waals surface area contributed by atoms with Crippen molar-refractivity contribution in [3.8, 4) is 0 Å². The molecule has 1 fully saturated rings. The Kier molecular flexibility index (Phi) is 5.56. The van der Waals surface area contributed by atoms with Gasteiger partial charge < -0.3 is 5.32 Å². The van der Waals surface area contributed by atoms with E-state index in [0.29, 0.717) is 19.6 Å². The average molecular weight is 336 g/mol. The first-order valence-electron chi connectivity index (χ1n) is 6.78. The van der Waals surface area contributed by atoms with Crippen molar-refractivity contribution >= 4 is 21.8 Å². The van der Waals surface area contributed by atoms with Crippen LogP contribution in [-0.4, -0.2) is 50.3 Å². The van der Waals surface area contributed by atoms with E-state index in [2.05, 4.69) is 5.32 Å². The zero-order valence-electron chi connectivity index (χ0n) is 11.8. The van der Waals surface area contributed by atoms with Gasteiger partial charge in [-0.05, 0) is 25.1 Å². The van der Waals surface area contributed by atoms with E-state index in [9.17, 15) is 12.8 Å². The van der Waals surface area contributed by atoms with Gasteiger partial charge in [-0.1, -0.05) is 17.7 Å². The molecule has 0 unspecified atom stereocenters. The van der Waals surface area contributed by atoms with E-state index in [1.54, 1.807) is 6.07 Å². The molecular weight excluding hydrogens is 317 g/mol. The van der Waals surface area contributed by atoms with Gasteiger partial charge in [-0.3, -0.25) is 0 Å². The lowest BCUT2D eigenvalue weighted by molar-refractivity contribution is 0.365. The minimum Gasteiger partial charge on any atom is -0.315 e. The van der Waals surface area contributed by atoms with Crippen molar-refractivity contribution in [2.75, 3.05) is 33.2 Å². The molecule has 0 radical (unpaired) electrons. The Labute approximate surface area is 129 Å². The Morgan fingerprint density at radius 1 is 1.38 bits per heavy atom. The SMILES string of the molecule is CN(Cc1c(F)cccc1Cl)S(=O)(=O)N1CCCNCC1. The molecule has 0 saturated carbocycles. The van der Waals surface area contributed by atoms with Gasteiger partial charge >= 0.3 is 0 Å². The quantitative estimate of drug-likeness (QED) is 0.906. The molecule has 1 aromatic rings. The molecule has 0 amide bonds. The standard InChI is InChI=1S/C13H19ClFN3O2S/c1-17(10-11-12(14)4-2-5-13(11)15)21(19,20)18-8-3-6-16-7-9-18/h2,4-5,16H,3,6-10H2,1H3. The van der Waals surface area contributed by atoms with Crippen molar-refractivity contribution in [2.24, 2.45) is 0 Å². The normalized spacial score (nSPS) is 17.9. The van der Waals surface area contributed by atoms with Crippen molar-refractivity contribution in [1.82, 2.24) is 13.9 Å². The van der Waals surface area contributed by atoms with E-state index in [1.807, 2.05) is 0 Å². The minimum atomic E-state index is -3.62. The summed E-state index contributed by atoms with van der Waals surface area (Å²) >= 11 is 5.95. The summed E-state index contributed by atoms with van der Waals surface area (Å²) in [6.07, 6.45) is 0.757. The highest BCUT2D eigenvalue weighted by Gasteiger charge is 2.28. The molecule has 0 aliphatic carbocycles. The number of halogens is 2. The molecule has 1 aromatic carbocycles. The summed E-state index contributed by atoms with van der Waals surface area (Å²) in [4.78, 5) is 0. The second kappa shape index (κ2) is 7.02. The van der Waals surface area contributed by atoms with Gasteiger partial charge in [-0.15, -0.1) is 0 Å². The van der Waals surface area contributed by atoms with Gasteiger partial charge in [-0.2, -0.15) is 17.0 Å². The number of nitrogens with zero attached hydrogens (tertiary/aromatic N) is 2. The molecule has 0 bridgehead atoms. The Bertz CT molecular complexity index is 569. The largest absolute Gasteiger partial charge is 0.315 e. The van der Waals surface area contributed by atoms with Crippen molar-refractivity contribution < 1.29 is 12.8 Å². The van der Waals surface area contributed by atoms with E-state index >= 15 is 0 Å². The van der Waals surface area contributed by atoms with Crippen molar-refractivity contribution in [3.05, 3.63) is 34.6 Å². The number of hydrogen-bond acceptors (Lipinski definition) is 3. The number of hydrogen-bond donors (Lipinski definition) is 1. The summed E-state index contributed by atoms with van der Waals surface area (Å²) in [6.45, 7) is 2.21. The zero-order chi connectivity index (χ0) is 15.5. The van der Waals surface area contributed by atoms with E-state index in [-0.39, 0.29) is 17.1 Å². The minimum absolute atomic E-state index is 0.0855. The van der Waals surface area contributed by atoms with Crippen LogP contribution in [0.1, 0.15) is 12.0 Å². The lowest BCUT2D eigenvalue weighted by atomic mass is 10.2. The van der Waals surface area contributed by atoms with Gasteiger partial charge in [0.1, 0.15) is 5.82 Å². The zero-order valence-corrected chi connectivity index (χ0v) is 13.4. The summed E-state index contributed by atoms with van der Waals surface area (Å²) in [5.41, 5.74) is 0.193. The highest BCUT2D eigenvalue weighted by molar-refractivity contribution is 7.86. The molecule has 2 rings (SSSR count). The third-order valence-corrected chi connectivity index (χ3v) is 5.75. The van der Waals surface area contributed by atoms with Gasteiger partial charge in [-0.25, -0.2) is 4.39 Å². The highest BCUT2D eigenvalue weighted by Crippen LogP contribution is 2.22. The predicted octanol–water partition coefficient (Wildman–Crippen LogP) is 1.45. The third-order valence-electron chi connectivity index (χ3n) is 3.46. The molecular formula is C13H19ClFN3O2S. The average Bonchev–Trinajstić information content (AvgIpc) is 2.72. The lowest BCUT2D eigenvalue weighted by Gasteiger charge is -2.26. The first kappa shape index (κ1) is 16.6. The maximum absolute atomic E-state index is 13.8. The molecule has 21 heavy (non-hydrogen) atoms. The fraction of sp³-hybridized carbons (Fsp3) is 0.538. The molecule has 1 heterocycles. The van der Waals surface area contributed by atoms with Crippen LogP contribution in [0.5, 0.6) is 0 Å². The van der Waals surface area contributed by atoms with E-state index in [0.717, 1.165) is 17.3 Å². The molecule has 8 heteroatoms. The molecule has 1 N–H and O–H groups in total. The van der Waals surface area contributed by atoms with Gasteiger partial charge in [0.15, 0.2) is 0 Å². The molecule has 1 aliphatic heterocycles. The van der Waals surface area contributed by atoms with Crippen molar-refractivity contribution in [1.29, 1.82) is 0 Å². The Balaban J connectivity index is 2.16. The van der Waals surface area contributed by atoms with Crippen LogP contribution in [0.4, 0.5) is 4.39 Å². The smallest absolute Gasteiger partial charge is 0.282 e. The summed E-state index contributed by atoms with van der Waals surface area (Å²) in [7, 11) is -2.17. The molecule has 0 atom stereocenters. The van der Waals surface area contributed by atoms with Crippen LogP contribution < -0.4 is 5.32 Å². The fourth-order valence-corrected chi connectivity index (χ4v) is 3.83. The Morgan fingerprint density at radius 2 is 2.14 bits per heavy atom. The topological polar surface area (TPSA) is 52.7 Å². The summed E-state index contributed by atoms with van der Waals surface area (Å²) in [6, 6.07) is 4.32. The molecule has 0 spiro atoms. The molecule has 118 valence electrons. The molecule has 5 nitrogen and oxygen atoms in total. The third kappa shape index (κ3) is 3.92. The maximum atomic E-state index is 13.8. The van der Waals surface area contributed by atoms with Crippen LogP contribution >= 0.6 is 11.6 Å². The number of nitrogens with one attached hydrogen (secondary N) is 1. The Morgan fingerprint density at radius 3 is 2.86 bits per heavy atom. The first-order valence-corrected chi connectivity index (χ1v) is 8.55. The summed E-state index contributed by atoms with van der Waals surface area (Å²) < 4.78 is 41.4. The van der Waals surface area contributed by atoms with Crippen LogP contribution in [0.3, 0.4) is 0 Å².